The Morgan fingerprint density at radius 2 is 1.81 bits per heavy atom. The molecule has 2 aromatic carbocycles. The third-order valence-electron chi connectivity index (χ3n) is 5.18. The van der Waals surface area contributed by atoms with Crippen molar-refractivity contribution >= 4 is 39.1 Å². The Morgan fingerprint density at radius 1 is 1.09 bits per heavy atom. The highest BCUT2D eigenvalue weighted by molar-refractivity contribution is 7.89. The van der Waals surface area contributed by atoms with Gasteiger partial charge in [-0.15, -0.1) is 0 Å². The van der Waals surface area contributed by atoms with E-state index in [9.17, 15) is 13.2 Å². The van der Waals surface area contributed by atoms with E-state index in [2.05, 4.69) is 10.2 Å². The van der Waals surface area contributed by atoms with Crippen molar-refractivity contribution in [2.75, 3.05) is 52.5 Å². The minimum atomic E-state index is -4.04. The normalized spacial score (nSPS) is 15.1. The number of amides is 1. The van der Waals surface area contributed by atoms with Gasteiger partial charge in [-0.25, -0.2) is 8.42 Å². The summed E-state index contributed by atoms with van der Waals surface area (Å²) in [4.78, 5) is 14.7. The summed E-state index contributed by atoms with van der Waals surface area (Å²) in [6.45, 7) is 3.95. The van der Waals surface area contributed by atoms with Crippen LogP contribution in [0.1, 0.15) is 5.56 Å². The lowest BCUT2D eigenvalue weighted by atomic mass is 10.1. The van der Waals surface area contributed by atoms with E-state index < -0.39 is 10.0 Å². The van der Waals surface area contributed by atoms with Gasteiger partial charge in [0.1, 0.15) is 4.90 Å². The molecule has 0 bridgehead atoms. The van der Waals surface area contributed by atoms with Crippen molar-refractivity contribution < 1.29 is 17.9 Å². The van der Waals surface area contributed by atoms with Crippen LogP contribution in [0.25, 0.3) is 0 Å². The zero-order valence-corrected chi connectivity index (χ0v) is 20.0. The van der Waals surface area contributed by atoms with E-state index in [1.165, 1.54) is 18.2 Å². The summed E-state index contributed by atoms with van der Waals surface area (Å²) in [7, 11) is -4.04. The number of nitrogens with one attached hydrogen (secondary N) is 1. The molecule has 0 aliphatic carbocycles. The van der Waals surface area contributed by atoms with Crippen LogP contribution in [-0.2, 0) is 26.0 Å². The smallest absolute Gasteiger partial charge is 0.245 e. The molecule has 0 saturated carbocycles. The van der Waals surface area contributed by atoms with Crippen molar-refractivity contribution in [3.8, 4) is 0 Å². The third kappa shape index (κ3) is 7.16. The molecule has 1 amide bonds. The third-order valence-corrected chi connectivity index (χ3v) is 7.74. The van der Waals surface area contributed by atoms with Gasteiger partial charge in [0, 0.05) is 37.7 Å². The molecule has 0 atom stereocenters. The molecule has 10 heteroatoms. The summed E-state index contributed by atoms with van der Waals surface area (Å²) < 4.78 is 33.2. The number of rotatable bonds is 10. The fourth-order valence-corrected chi connectivity index (χ4v) is 5.53. The number of nitrogens with zero attached hydrogens (tertiary/aromatic N) is 2. The first kappa shape index (κ1) is 25.0. The van der Waals surface area contributed by atoms with E-state index in [0.717, 1.165) is 23.0 Å². The van der Waals surface area contributed by atoms with Gasteiger partial charge in [-0.05, 0) is 30.2 Å². The number of carbonyl (C=O) groups is 1. The predicted molar refractivity (Wildman–Crippen MR) is 126 cm³/mol. The topological polar surface area (TPSA) is 79.0 Å². The zero-order valence-electron chi connectivity index (χ0n) is 17.7. The Kier molecular flexibility index (Phi) is 9.34. The Hall–Kier alpha value is -1.68. The van der Waals surface area contributed by atoms with Crippen LogP contribution < -0.4 is 5.32 Å². The Bertz CT molecular complexity index is 999. The van der Waals surface area contributed by atoms with Crippen molar-refractivity contribution in [1.82, 2.24) is 14.5 Å². The van der Waals surface area contributed by atoms with Gasteiger partial charge in [0.05, 0.1) is 24.8 Å². The van der Waals surface area contributed by atoms with Gasteiger partial charge in [-0.1, -0.05) is 53.5 Å². The first-order valence-corrected chi connectivity index (χ1v) is 12.6. The Labute approximate surface area is 199 Å². The van der Waals surface area contributed by atoms with Gasteiger partial charge >= 0.3 is 0 Å². The van der Waals surface area contributed by atoms with Crippen LogP contribution in [-0.4, -0.2) is 76.0 Å². The predicted octanol–water partition coefficient (Wildman–Crippen LogP) is 2.68. The molecule has 32 heavy (non-hydrogen) atoms. The van der Waals surface area contributed by atoms with Gasteiger partial charge in [0.15, 0.2) is 0 Å². The number of morpholine rings is 1. The highest BCUT2D eigenvalue weighted by Gasteiger charge is 2.29. The number of ether oxygens (including phenoxy) is 1. The number of hydrogen-bond acceptors (Lipinski definition) is 5. The molecule has 0 unspecified atom stereocenters. The summed E-state index contributed by atoms with van der Waals surface area (Å²) >= 11 is 12.2. The van der Waals surface area contributed by atoms with E-state index in [0.29, 0.717) is 32.7 Å². The maximum absolute atomic E-state index is 13.4. The van der Waals surface area contributed by atoms with Crippen LogP contribution in [0.4, 0.5) is 0 Å². The fourth-order valence-electron chi connectivity index (χ4n) is 3.39. The van der Waals surface area contributed by atoms with Crippen molar-refractivity contribution in [3.63, 3.8) is 0 Å². The monoisotopic (exact) mass is 499 g/mol. The molecule has 1 fully saturated rings. The molecule has 0 aromatic heterocycles. The first-order chi connectivity index (χ1) is 15.4. The van der Waals surface area contributed by atoms with E-state index in [1.54, 1.807) is 0 Å². The van der Waals surface area contributed by atoms with Crippen molar-refractivity contribution in [3.05, 3.63) is 64.1 Å². The quantitative estimate of drug-likeness (QED) is 0.543. The number of hydrogen-bond donors (Lipinski definition) is 1. The molecule has 7 nitrogen and oxygen atoms in total. The average molecular weight is 500 g/mol. The molecule has 1 heterocycles. The molecule has 1 N–H and O–H groups in total. The molecular weight excluding hydrogens is 473 g/mol. The van der Waals surface area contributed by atoms with Crippen LogP contribution in [0, 0.1) is 0 Å². The van der Waals surface area contributed by atoms with Crippen molar-refractivity contribution in [2.45, 2.75) is 11.3 Å². The number of benzene rings is 2. The minimum absolute atomic E-state index is 0.0619. The molecule has 2 aromatic rings. The van der Waals surface area contributed by atoms with Crippen LogP contribution in [0.15, 0.2) is 53.4 Å². The summed E-state index contributed by atoms with van der Waals surface area (Å²) in [5.41, 5.74) is 0.970. The summed E-state index contributed by atoms with van der Waals surface area (Å²) in [5, 5.41) is 3.14. The Morgan fingerprint density at radius 3 is 2.53 bits per heavy atom. The van der Waals surface area contributed by atoms with Crippen molar-refractivity contribution in [2.24, 2.45) is 0 Å². The van der Waals surface area contributed by atoms with Gasteiger partial charge in [0.25, 0.3) is 0 Å². The standard InChI is InChI=1S/C22H27Cl2N3O4S/c23-19-6-7-20(24)21(16-19)32(29,30)27(10-8-18-4-2-1-3-5-18)17-22(28)25-9-11-26-12-14-31-15-13-26/h1-7,16H,8-15,17H2,(H,25,28). The fraction of sp³-hybridized carbons (Fsp3) is 0.409. The van der Waals surface area contributed by atoms with Crippen LogP contribution in [0.3, 0.4) is 0 Å². The lowest BCUT2D eigenvalue weighted by Gasteiger charge is -2.27. The highest BCUT2D eigenvalue weighted by Crippen LogP contribution is 2.27. The summed E-state index contributed by atoms with van der Waals surface area (Å²) in [5.74, 6) is -0.368. The van der Waals surface area contributed by atoms with E-state index in [4.69, 9.17) is 27.9 Å². The zero-order chi connectivity index (χ0) is 23.0. The summed E-state index contributed by atoms with van der Waals surface area (Å²) in [6.07, 6.45) is 0.458. The molecule has 1 saturated heterocycles. The van der Waals surface area contributed by atoms with Gasteiger partial charge in [-0.2, -0.15) is 4.31 Å². The second-order valence-electron chi connectivity index (χ2n) is 7.45. The van der Waals surface area contributed by atoms with Crippen molar-refractivity contribution in [1.29, 1.82) is 0 Å². The number of sulfonamides is 1. The minimum Gasteiger partial charge on any atom is -0.379 e. The first-order valence-electron chi connectivity index (χ1n) is 10.4. The largest absolute Gasteiger partial charge is 0.379 e. The van der Waals surface area contributed by atoms with E-state index >= 15 is 0 Å². The highest BCUT2D eigenvalue weighted by atomic mass is 35.5. The Balaban J connectivity index is 1.69. The van der Waals surface area contributed by atoms with Gasteiger partial charge in [0.2, 0.25) is 15.9 Å². The van der Waals surface area contributed by atoms with Gasteiger partial charge < -0.3 is 10.1 Å². The average Bonchev–Trinajstić information content (AvgIpc) is 2.79. The van der Waals surface area contributed by atoms with Crippen LogP contribution in [0.5, 0.6) is 0 Å². The molecule has 1 aliphatic rings. The lowest BCUT2D eigenvalue weighted by molar-refractivity contribution is -0.121. The molecule has 0 radical (unpaired) electrons. The second kappa shape index (κ2) is 12.0. The molecule has 1 aliphatic heterocycles. The number of halogens is 2. The number of carbonyl (C=O) groups excluding carboxylic acids is 1. The van der Waals surface area contributed by atoms with Crippen LogP contribution in [0.2, 0.25) is 10.0 Å². The van der Waals surface area contributed by atoms with E-state index in [-0.39, 0.29) is 33.9 Å². The van der Waals surface area contributed by atoms with E-state index in [1.807, 2.05) is 30.3 Å². The second-order valence-corrected chi connectivity index (χ2v) is 10.2. The SMILES string of the molecule is O=C(CN(CCc1ccccc1)S(=O)(=O)c1cc(Cl)ccc1Cl)NCCN1CCOCC1. The van der Waals surface area contributed by atoms with Gasteiger partial charge in [-0.3, -0.25) is 9.69 Å². The molecular formula is C22H27Cl2N3O4S. The maximum atomic E-state index is 13.4. The molecule has 174 valence electrons. The lowest BCUT2D eigenvalue weighted by Crippen LogP contribution is -2.45. The maximum Gasteiger partial charge on any atom is 0.245 e. The van der Waals surface area contributed by atoms with Crippen LogP contribution >= 0.6 is 23.2 Å². The molecule has 0 spiro atoms. The summed E-state index contributed by atoms with van der Waals surface area (Å²) in [6, 6.07) is 13.8. The molecule has 3 rings (SSSR count).